The Kier molecular flexibility index (Phi) is 5.71. The van der Waals surface area contributed by atoms with Gasteiger partial charge in [-0.3, -0.25) is 9.59 Å². The van der Waals surface area contributed by atoms with Crippen LogP contribution in [0, 0.1) is 18.8 Å². The minimum atomic E-state index is -0.751. The molecule has 0 spiro atoms. The van der Waals surface area contributed by atoms with Crippen molar-refractivity contribution in [3.05, 3.63) is 41.8 Å². The zero-order chi connectivity index (χ0) is 18.5. The lowest BCUT2D eigenvalue weighted by Gasteiger charge is -2.25. The zero-order valence-corrected chi connectivity index (χ0v) is 14.9. The van der Waals surface area contributed by atoms with E-state index in [1.165, 1.54) is 5.56 Å². The third-order valence-electron chi connectivity index (χ3n) is 4.98. The van der Waals surface area contributed by atoms with Gasteiger partial charge in [-0.05, 0) is 44.7 Å². The molecular formula is C20H24N2O4. The van der Waals surface area contributed by atoms with E-state index >= 15 is 0 Å². The number of hydrogen-bond acceptors (Lipinski definition) is 4. The SMILES string of the molecule is Cc1ccc(-c2nc(CCNC(=O)C3CCC(C(=O)O)CC3)co2)cc1. The highest BCUT2D eigenvalue weighted by Gasteiger charge is 2.29. The minimum Gasteiger partial charge on any atom is -0.481 e. The van der Waals surface area contributed by atoms with Crippen LogP contribution in [0.2, 0.25) is 0 Å². The molecule has 1 aromatic heterocycles. The number of rotatable bonds is 6. The number of nitrogens with one attached hydrogen (secondary N) is 1. The summed E-state index contributed by atoms with van der Waals surface area (Å²) in [5.41, 5.74) is 2.91. The van der Waals surface area contributed by atoms with Gasteiger partial charge in [0.15, 0.2) is 0 Å². The fourth-order valence-electron chi connectivity index (χ4n) is 3.31. The van der Waals surface area contributed by atoms with Gasteiger partial charge in [-0.25, -0.2) is 4.98 Å². The van der Waals surface area contributed by atoms with Gasteiger partial charge in [0.2, 0.25) is 11.8 Å². The quantitative estimate of drug-likeness (QED) is 0.829. The number of carboxylic acids is 1. The summed E-state index contributed by atoms with van der Waals surface area (Å²) >= 11 is 0. The van der Waals surface area contributed by atoms with Crippen LogP contribution in [0.15, 0.2) is 34.9 Å². The van der Waals surface area contributed by atoms with Crippen LogP contribution in [-0.4, -0.2) is 28.5 Å². The number of aryl methyl sites for hydroxylation is 1. The molecule has 1 heterocycles. The van der Waals surface area contributed by atoms with Crippen molar-refractivity contribution in [1.29, 1.82) is 0 Å². The van der Waals surface area contributed by atoms with Crippen LogP contribution in [-0.2, 0) is 16.0 Å². The van der Waals surface area contributed by atoms with Crippen LogP contribution in [0.4, 0.5) is 0 Å². The van der Waals surface area contributed by atoms with Gasteiger partial charge >= 0.3 is 5.97 Å². The Hall–Kier alpha value is -2.63. The highest BCUT2D eigenvalue weighted by Crippen LogP contribution is 2.29. The number of benzene rings is 1. The summed E-state index contributed by atoms with van der Waals surface area (Å²) in [5, 5.41) is 11.9. The first-order valence-corrected chi connectivity index (χ1v) is 9.05. The molecule has 0 atom stereocenters. The second-order valence-electron chi connectivity index (χ2n) is 6.94. The van der Waals surface area contributed by atoms with Crippen molar-refractivity contribution >= 4 is 11.9 Å². The van der Waals surface area contributed by atoms with E-state index in [9.17, 15) is 9.59 Å². The summed E-state index contributed by atoms with van der Waals surface area (Å²) in [6.07, 6.45) is 4.67. The Bertz CT molecular complexity index is 758. The summed E-state index contributed by atoms with van der Waals surface area (Å²) in [6.45, 7) is 2.53. The normalized spacial score (nSPS) is 19.9. The molecule has 6 nitrogen and oxygen atoms in total. The molecule has 1 aliphatic rings. The smallest absolute Gasteiger partial charge is 0.306 e. The topological polar surface area (TPSA) is 92.4 Å². The van der Waals surface area contributed by atoms with Gasteiger partial charge in [0.1, 0.15) is 6.26 Å². The van der Waals surface area contributed by atoms with E-state index in [2.05, 4.69) is 10.3 Å². The second-order valence-corrected chi connectivity index (χ2v) is 6.94. The summed E-state index contributed by atoms with van der Waals surface area (Å²) in [7, 11) is 0. The number of carbonyl (C=O) groups is 2. The molecule has 0 radical (unpaired) electrons. The molecule has 0 saturated heterocycles. The lowest BCUT2D eigenvalue weighted by molar-refractivity contribution is -0.144. The van der Waals surface area contributed by atoms with Crippen LogP contribution < -0.4 is 5.32 Å². The van der Waals surface area contributed by atoms with Crippen molar-refractivity contribution in [3.8, 4) is 11.5 Å². The van der Waals surface area contributed by atoms with E-state index in [0.29, 0.717) is 44.5 Å². The van der Waals surface area contributed by atoms with Gasteiger partial charge < -0.3 is 14.8 Å². The molecule has 1 fully saturated rings. The molecule has 2 N–H and O–H groups in total. The number of oxazole rings is 1. The first-order valence-electron chi connectivity index (χ1n) is 9.05. The van der Waals surface area contributed by atoms with E-state index in [1.54, 1.807) is 6.26 Å². The standard InChI is InChI=1S/C20H24N2O4/c1-13-2-4-15(5-3-13)19-22-17(12-26-19)10-11-21-18(23)14-6-8-16(9-7-14)20(24)25/h2-5,12,14,16H,6-11H2,1H3,(H,21,23)(H,24,25). The molecule has 1 aliphatic carbocycles. The maximum Gasteiger partial charge on any atom is 0.306 e. The third-order valence-corrected chi connectivity index (χ3v) is 4.98. The summed E-state index contributed by atoms with van der Waals surface area (Å²) in [4.78, 5) is 27.7. The van der Waals surface area contributed by atoms with Crippen molar-refractivity contribution < 1.29 is 19.1 Å². The predicted molar refractivity (Wildman–Crippen MR) is 96.5 cm³/mol. The first-order chi connectivity index (χ1) is 12.5. The Morgan fingerprint density at radius 1 is 1.15 bits per heavy atom. The van der Waals surface area contributed by atoms with Crippen molar-refractivity contribution in [1.82, 2.24) is 10.3 Å². The third kappa shape index (κ3) is 4.50. The molecule has 0 bridgehead atoms. The van der Waals surface area contributed by atoms with E-state index < -0.39 is 5.97 Å². The predicted octanol–water partition coefficient (Wildman–Crippen LogP) is 3.20. The molecule has 1 aromatic carbocycles. The van der Waals surface area contributed by atoms with Crippen molar-refractivity contribution in [2.45, 2.75) is 39.0 Å². The molecule has 0 unspecified atom stereocenters. The Morgan fingerprint density at radius 2 is 1.81 bits per heavy atom. The molecule has 0 aliphatic heterocycles. The largest absolute Gasteiger partial charge is 0.481 e. The minimum absolute atomic E-state index is 0.0103. The van der Waals surface area contributed by atoms with Crippen LogP contribution in [0.1, 0.15) is 36.9 Å². The van der Waals surface area contributed by atoms with E-state index in [4.69, 9.17) is 9.52 Å². The van der Waals surface area contributed by atoms with Crippen molar-refractivity contribution in [2.24, 2.45) is 11.8 Å². The van der Waals surface area contributed by atoms with E-state index in [0.717, 1.165) is 11.3 Å². The lowest BCUT2D eigenvalue weighted by atomic mass is 9.81. The van der Waals surface area contributed by atoms with Gasteiger partial charge in [-0.15, -0.1) is 0 Å². The number of carbonyl (C=O) groups excluding carboxylic acids is 1. The summed E-state index contributed by atoms with van der Waals surface area (Å²) in [6, 6.07) is 7.97. The Morgan fingerprint density at radius 3 is 2.46 bits per heavy atom. The second kappa shape index (κ2) is 8.17. The average molecular weight is 356 g/mol. The monoisotopic (exact) mass is 356 g/mol. The van der Waals surface area contributed by atoms with Crippen LogP contribution >= 0.6 is 0 Å². The average Bonchev–Trinajstić information content (AvgIpc) is 3.11. The number of carboxylic acid groups (broad SMARTS) is 1. The maximum atomic E-state index is 12.2. The highest BCUT2D eigenvalue weighted by molar-refractivity contribution is 5.79. The highest BCUT2D eigenvalue weighted by atomic mass is 16.4. The Balaban J connectivity index is 1.44. The van der Waals surface area contributed by atoms with Crippen molar-refractivity contribution in [3.63, 3.8) is 0 Å². The summed E-state index contributed by atoms with van der Waals surface area (Å²) in [5.74, 6) is -0.533. The maximum absolute atomic E-state index is 12.2. The van der Waals surface area contributed by atoms with Gasteiger partial charge in [-0.2, -0.15) is 0 Å². The molecule has 138 valence electrons. The van der Waals surface area contributed by atoms with Crippen molar-refractivity contribution in [2.75, 3.05) is 6.54 Å². The van der Waals surface area contributed by atoms with Crippen LogP contribution in [0.3, 0.4) is 0 Å². The summed E-state index contributed by atoms with van der Waals surface area (Å²) < 4.78 is 5.52. The fraction of sp³-hybridized carbons (Fsp3) is 0.450. The number of hydrogen-bond donors (Lipinski definition) is 2. The van der Waals surface area contributed by atoms with Gasteiger partial charge in [0, 0.05) is 24.4 Å². The first kappa shape index (κ1) is 18.2. The number of aliphatic carboxylic acids is 1. The molecule has 1 saturated carbocycles. The van der Waals surface area contributed by atoms with E-state index in [1.807, 2.05) is 31.2 Å². The Labute approximate surface area is 152 Å². The number of amides is 1. The van der Waals surface area contributed by atoms with Gasteiger partial charge in [0.05, 0.1) is 11.6 Å². The molecule has 26 heavy (non-hydrogen) atoms. The molecule has 6 heteroatoms. The van der Waals surface area contributed by atoms with Gasteiger partial charge in [0.25, 0.3) is 0 Å². The molecule has 2 aromatic rings. The number of aromatic nitrogens is 1. The fourth-order valence-corrected chi connectivity index (χ4v) is 3.31. The van der Waals surface area contributed by atoms with Gasteiger partial charge in [-0.1, -0.05) is 17.7 Å². The molecule has 3 rings (SSSR count). The van der Waals surface area contributed by atoms with Crippen LogP contribution in [0.5, 0.6) is 0 Å². The van der Waals surface area contributed by atoms with Crippen LogP contribution in [0.25, 0.3) is 11.5 Å². The molecular weight excluding hydrogens is 332 g/mol. The lowest BCUT2D eigenvalue weighted by Crippen LogP contribution is -2.35. The molecule has 1 amide bonds. The zero-order valence-electron chi connectivity index (χ0n) is 14.9. The number of nitrogens with zero attached hydrogens (tertiary/aromatic N) is 1. The van der Waals surface area contributed by atoms with E-state index in [-0.39, 0.29) is 17.7 Å².